The topological polar surface area (TPSA) is 276 Å². The lowest BCUT2D eigenvalue weighted by molar-refractivity contribution is -0.361. The molecule has 4 N–H and O–H groups in total. The van der Waals surface area contributed by atoms with Gasteiger partial charge in [-0.25, -0.2) is 9.59 Å². The number of ether oxygens (including phenoxy) is 10. The third-order valence-corrected chi connectivity index (χ3v) is 22.6. The first-order valence-corrected chi connectivity index (χ1v) is 31.2. The highest BCUT2D eigenvalue weighted by atomic mass is 16.8. The van der Waals surface area contributed by atoms with Crippen molar-refractivity contribution in [2.75, 3.05) is 13.2 Å². The fraction of sp³-hybridized carbons (Fsp3) is 0.676. The van der Waals surface area contributed by atoms with Crippen molar-refractivity contribution < 1.29 is 96.6 Å². The summed E-state index contributed by atoms with van der Waals surface area (Å²) in [6, 6.07) is 16.9. The van der Waals surface area contributed by atoms with E-state index in [0.717, 1.165) is 0 Å². The van der Waals surface area contributed by atoms with Gasteiger partial charge >= 0.3 is 23.9 Å². The van der Waals surface area contributed by atoms with Crippen molar-refractivity contribution in [3.05, 3.63) is 94.1 Å². The molecular weight excluding hydrogens is 1140 g/mol. The number of carbonyl (C=O) groups is 6. The summed E-state index contributed by atoms with van der Waals surface area (Å²) < 4.78 is 63.9. The fourth-order valence-electron chi connectivity index (χ4n) is 17.9. The Hall–Kier alpha value is -5.26. The van der Waals surface area contributed by atoms with E-state index in [-0.39, 0.29) is 80.9 Å². The van der Waals surface area contributed by atoms with Gasteiger partial charge < -0.3 is 67.8 Å². The molecular formula is C68H88O20. The summed E-state index contributed by atoms with van der Waals surface area (Å²) in [7, 11) is 0. The number of aliphatic hydroxyl groups excluding tert-OH is 2. The Balaban J connectivity index is 0.000000182. The van der Waals surface area contributed by atoms with Crippen molar-refractivity contribution in [3.63, 3.8) is 0 Å². The van der Waals surface area contributed by atoms with Gasteiger partial charge in [0.2, 0.25) is 0 Å². The second kappa shape index (κ2) is 21.7. The first-order valence-electron chi connectivity index (χ1n) is 31.2. The second-order valence-electron chi connectivity index (χ2n) is 28.9. The number of Topliss-reactive ketones (excluding diaryl/α,β-unsaturated/α-hetero) is 2. The highest BCUT2D eigenvalue weighted by molar-refractivity contribution is 5.97. The molecule has 4 saturated heterocycles. The number of allylic oxidation sites excluding steroid dienone is 2. The van der Waals surface area contributed by atoms with Gasteiger partial charge in [-0.15, -0.1) is 0 Å². The van der Waals surface area contributed by atoms with Crippen molar-refractivity contribution in [1.29, 1.82) is 0 Å². The average Bonchev–Trinajstić information content (AvgIpc) is 1.11. The van der Waals surface area contributed by atoms with Crippen LogP contribution in [0.25, 0.3) is 0 Å². The number of rotatable bonds is 8. The van der Waals surface area contributed by atoms with Gasteiger partial charge in [0.1, 0.15) is 47.8 Å². The molecule has 18 atom stereocenters. The van der Waals surface area contributed by atoms with E-state index < -0.39 is 152 Å². The third kappa shape index (κ3) is 9.40. The molecule has 2 aromatic carbocycles. The smallest absolute Gasteiger partial charge is 0.338 e. The van der Waals surface area contributed by atoms with E-state index in [0.29, 0.717) is 28.7 Å². The molecule has 480 valence electrons. The zero-order valence-corrected chi connectivity index (χ0v) is 53.1. The quantitative estimate of drug-likeness (QED) is 0.149. The van der Waals surface area contributed by atoms with Gasteiger partial charge in [0.25, 0.3) is 0 Å². The first kappa shape index (κ1) is 64.3. The van der Waals surface area contributed by atoms with E-state index in [2.05, 4.69) is 0 Å². The Kier molecular flexibility index (Phi) is 15.8. The lowest BCUT2D eigenvalue weighted by Gasteiger charge is -2.68. The summed E-state index contributed by atoms with van der Waals surface area (Å²) in [6.07, 6.45) is -8.90. The van der Waals surface area contributed by atoms with E-state index in [9.17, 15) is 49.2 Å². The highest BCUT2D eigenvalue weighted by Crippen LogP contribution is 2.69. The lowest BCUT2D eigenvalue weighted by atomic mass is 9.46. The summed E-state index contributed by atoms with van der Waals surface area (Å²) in [5.41, 5.74) is -8.90. The van der Waals surface area contributed by atoms with E-state index in [1.807, 2.05) is 48.5 Å². The van der Waals surface area contributed by atoms with Crippen LogP contribution in [0.4, 0.5) is 0 Å². The molecule has 6 aliphatic carbocycles. The van der Waals surface area contributed by atoms with Crippen molar-refractivity contribution in [2.24, 2.45) is 33.5 Å². The maximum Gasteiger partial charge on any atom is 0.338 e. The van der Waals surface area contributed by atoms with Crippen LogP contribution in [-0.2, 0) is 66.5 Å². The molecule has 0 aromatic heterocycles. The molecule has 0 amide bonds. The maximum atomic E-state index is 14.0. The molecule has 8 fully saturated rings. The molecule has 20 nitrogen and oxygen atoms in total. The summed E-state index contributed by atoms with van der Waals surface area (Å²) in [6.45, 7) is 24.7. The number of esters is 4. The van der Waals surface area contributed by atoms with Gasteiger partial charge in [-0.1, -0.05) is 84.9 Å². The second-order valence-corrected chi connectivity index (χ2v) is 28.9. The standard InChI is InChI=1S/C35H46O10.C33H42O10/c1-8-12-24(38)43-34-18-41-23(34)17-22(37)33(7)27(34)29(42-30(39)20-13-10-9-11-14-20)35(40)16-15-21(36)19(2)25(31(35,3)4)26-28(33)45-32(5,6)44-26;1-17-20(35)13-14-33(38)27(40-28(37)19-11-9-8-10-12-19)25-31(7,21(36)15-22-32(25,16-39-22)41-18(2)34)26-24(23(17)29(33,3)4)42-30(5,6)43-26/h9-11,13-14,22-23,26-29,37,40H,8,12,15-18H2,1-7H3;8-12,21-22,24-27,36,38H,13-16H2,1-7H3/t22-,23+,26+,27-,28+,29-,33+,34-,35+;21-,22+,24+,25-,26+,27-,31+,32-,33+/m00/s1. The predicted octanol–water partition coefficient (Wildman–Crippen LogP) is 7.32. The number of hydrogen-bond acceptors (Lipinski definition) is 20. The molecule has 0 spiro atoms. The molecule has 10 aliphatic rings. The number of aliphatic hydroxyl groups is 4. The maximum absolute atomic E-state index is 14.0. The van der Waals surface area contributed by atoms with E-state index in [1.165, 1.54) is 6.92 Å². The Morgan fingerprint density at radius 2 is 0.943 bits per heavy atom. The molecule has 4 heterocycles. The molecule has 20 heteroatoms. The molecule has 88 heavy (non-hydrogen) atoms. The fourth-order valence-corrected chi connectivity index (χ4v) is 17.9. The molecule has 4 aliphatic heterocycles. The summed E-state index contributed by atoms with van der Waals surface area (Å²) in [5, 5.41) is 50.6. The zero-order chi connectivity index (χ0) is 64.1. The number of carbonyl (C=O) groups excluding carboxylic acids is 6. The average molecular weight is 1230 g/mol. The summed E-state index contributed by atoms with van der Waals surface area (Å²) in [4.78, 5) is 81.2. The van der Waals surface area contributed by atoms with Gasteiger partial charge in [0.15, 0.2) is 34.3 Å². The Morgan fingerprint density at radius 1 is 0.568 bits per heavy atom. The van der Waals surface area contributed by atoms with Crippen molar-refractivity contribution in [1.82, 2.24) is 0 Å². The van der Waals surface area contributed by atoms with Crippen LogP contribution in [-0.4, -0.2) is 164 Å². The number of ketones is 2. The Labute approximate surface area is 514 Å². The Bertz CT molecular complexity index is 3220. The lowest BCUT2D eigenvalue weighted by Crippen LogP contribution is -2.81. The minimum atomic E-state index is -1.87. The van der Waals surface area contributed by atoms with Crippen LogP contribution < -0.4 is 0 Å². The van der Waals surface area contributed by atoms with E-state index in [4.69, 9.17) is 47.4 Å². The molecule has 4 bridgehead atoms. The molecule has 4 saturated carbocycles. The molecule has 0 unspecified atom stereocenters. The van der Waals surface area contributed by atoms with Crippen LogP contribution in [0, 0.1) is 33.5 Å². The SMILES string of the molecule is CC(=O)O[C@@]12CO[C@@H]1C[C@H](O)[C@@]1(C)[C@@H]3OC(C)(C)O[C@@H]3C3=C(C)C(=O)CC[C@@](O)([C@@H](OC(=O)c4ccccc4)[C@H]21)C3(C)C.CCCC(=O)O[C@@]12CO[C@@H]1C[C@H](O)[C@@]1(C)[C@@H]3OC(C)(C)O[C@@H]3C3=C(C)C(=O)CC[C@@](O)([C@@H](OC(=O)c4ccccc4)[C@H]21)C3(C)C. The largest absolute Gasteiger partial charge is 0.455 e. The predicted molar refractivity (Wildman–Crippen MR) is 312 cm³/mol. The van der Waals surface area contributed by atoms with Gasteiger partial charge in [-0.2, -0.15) is 0 Å². The van der Waals surface area contributed by atoms with Gasteiger partial charge in [-0.3, -0.25) is 19.2 Å². The van der Waals surface area contributed by atoms with Crippen molar-refractivity contribution in [2.45, 2.75) is 243 Å². The molecule has 0 radical (unpaired) electrons. The van der Waals surface area contributed by atoms with Crippen LogP contribution >= 0.6 is 0 Å². The normalized spacial score (nSPS) is 42.0. The van der Waals surface area contributed by atoms with Crippen LogP contribution in [0.2, 0.25) is 0 Å². The minimum absolute atomic E-state index is 0.00910. The van der Waals surface area contributed by atoms with E-state index >= 15 is 0 Å². The van der Waals surface area contributed by atoms with Crippen LogP contribution in [0.15, 0.2) is 83.0 Å². The van der Waals surface area contributed by atoms with Gasteiger partial charge in [0.05, 0.1) is 60.6 Å². The van der Waals surface area contributed by atoms with Gasteiger partial charge in [-0.05, 0) is 107 Å². The summed E-state index contributed by atoms with van der Waals surface area (Å²) >= 11 is 0. The van der Waals surface area contributed by atoms with E-state index in [1.54, 1.807) is 102 Å². The van der Waals surface area contributed by atoms with Crippen molar-refractivity contribution in [3.8, 4) is 0 Å². The number of benzene rings is 2. The monoisotopic (exact) mass is 1220 g/mol. The zero-order valence-electron chi connectivity index (χ0n) is 53.1. The Morgan fingerprint density at radius 3 is 1.28 bits per heavy atom. The highest BCUT2D eigenvalue weighted by Gasteiger charge is 2.81. The van der Waals surface area contributed by atoms with Gasteiger partial charge in [0, 0.05) is 60.7 Å². The van der Waals surface area contributed by atoms with Crippen LogP contribution in [0.1, 0.15) is 169 Å². The number of fused-ring (bicyclic) bond motifs is 16. The molecule has 12 rings (SSSR count). The van der Waals surface area contributed by atoms with Crippen LogP contribution in [0.5, 0.6) is 0 Å². The van der Waals surface area contributed by atoms with Crippen LogP contribution in [0.3, 0.4) is 0 Å². The first-order chi connectivity index (χ1) is 41.0. The minimum Gasteiger partial charge on any atom is -0.455 e. The molecule has 2 aromatic rings. The number of hydrogen-bond donors (Lipinski definition) is 4. The summed E-state index contributed by atoms with van der Waals surface area (Å²) in [5.74, 6) is -6.97. The third-order valence-electron chi connectivity index (χ3n) is 22.6. The van der Waals surface area contributed by atoms with Crippen molar-refractivity contribution >= 4 is 35.4 Å².